The number of nitrogens with zero attached hydrogens (tertiary/aromatic N) is 3. The molecular formula is C13H19ClN4O2. The number of hydrogen-bond acceptors (Lipinski definition) is 6. The molecule has 0 bridgehead atoms. The van der Waals surface area contributed by atoms with Crippen LogP contribution >= 0.6 is 12.4 Å². The van der Waals surface area contributed by atoms with Crippen LogP contribution in [-0.2, 0) is 11.0 Å². The van der Waals surface area contributed by atoms with Gasteiger partial charge in [-0.1, -0.05) is 31.1 Å². The van der Waals surface area contributed by atoms with Crippen LogP contribution in [0.5, 0.6) is 0 Å². The summed E-state index contributed by atoms with van der Waals surface area (Å²) in [4.78, 5) is 4.34. The minimum atomic E-state index is -0.418. The fourth-order valence-corrected chi connectivity index (χ4v) is 2.04. The predicted molar refractivity (Wildman–Crippen MR) is 75.5 cm³/mol. The average Bonchev–Trinajstić information content (AvgIpc) is 2.93. The molecule has 0 atom stereocenters. The zero-order valence-corrected chi connectivity index (χ0v) is 12.7. The third-order valence-electron chi connectivity index (χ3n) is 3.59. The lowest BCUT2D eigenvalue weighted by Gasteiger charge is -2.34. The van der Waals surface area contributed by atoms with Gasteiger partial charge in [0, 0.05) is 11.5 Å². The smallest absolute Gasteiger partial charge is 0.280 e. The Morgan fingerprint density at radius 1 is 1.20 bits per heavy atom. The van der Waals surface area contributed by atoms with Crippen molar-refractivity contribution in [1.29, 1.82) is 0 Å². The molecule has 0 amide bonds. The lowest BCUT2D eigenvalue weighted by molar-refractivity contribution is 0.229. The van der Waals surface area contributed by atoms with Crippen molar-refractivity contribution in [3.05, 3.63) is 17.7 Å². The molecule has 3 rings (SSSR count). The van der Waals surface area contributed by atoms with E-state index in [0.29, 0.717) is 17.4 Å². The Bertz CT molecular complexity index is 596. The normalized spacial score (nSPS) is 17.4. The van der Waals surface area contributed by atoms with Crippen molar-refractivity contribution in [1.82, 2.24) is 15.3 Å². The molecule has 110 valence electrons. The van der Waals surface area contributed by atoms with Gasteiger partial charge in [0.15, 0.2) is 11.5 Å². The van der Waals surface area contributed by atoms with Gasteiger partial charge in [-0.2, -0.15) is 4.98 Å². The van der Waals surface area contributed by atoms with E-state index in [0.717, 1.165) is 25.0 Å². The summed E-state index contributed by atoms with van der Waals surface area (Å²) < 4.78 is 10.5. The lowest BCUT2D eigenvalue weighted by atomic mass is 9.77. The molecule has 2 aromatic heterocycles. The Labute approximate surface area is 123 Å². The third kappa shape index (κ3) is 2.45. The topological polar surface area (TPSA) is 91.0 Å². The molecule has 0 unspecified atom stereocenters. The first kappa shape index (κ1) is 15.0. The summed E-state index contributed by atoms with van der Waals surface area (Å²) >= 11 is 0. The Morgan fingerprint density at radius 2 is 1.90 bits per heavy atom. The van der Waals surface area contributed by atoms with Crippen LogP contribution in [0.3, 0.4) is 0 Å². The first-order valence-electron chi connectivity index (χ1n) is 6.49. The van der Waals surface area contributed by atoms with Gasteiger partial charge in [-0.25, -0.2) is 0 Å². The van der Waals surface area contributed by atoms with E-state index in [1.165, 1.54) is 0 Å². The van der Waals surface area contributed by atoms with Crippen molar-refractivity contribution in [3.8, 4) is 11.6 Å². The number of halogens is 1. The summed E-state index contributed by atoms with van der Waals surface area (Å²) in [6.45, 7) is 6.17. The molecule has 1 aliphatic rings. The van der Waals surface area contributed by atoms with Crippen LogP contribution in [0.25, 0.3) is 11.6 Å². The molecule has 20 heavy (non-hydrogen) atoms. The molecular weight excluding hydrogens is 280 g/mol. The van der Waals surface area contributed by atoms with Crippen molar-refractivity contribution in [3.63, 3.8) is 0 Å². The van der Waals surface area contributed by atoms with E-state index < -0.39 is 5.54 Å². The molecule has 2 heterocycles. The van der Waals surface area contributed by atoms with E-state index >= 15 is 0 Å². The molecule has 0 aliphatic heterocycles. The number of aromatic nitrogens is 3. The summed E-state index contributed by atoms with van der Waals surface area (Å²) in [5, 5.41) is 7.95. The van der Waals surface area contributed by atoms with Gasteiger partial charge in [0.05, 0.1) is 5.54 Å². The van der Waals surface area contributed by atoms with Crippen LogP contribution in [0.2, 0.25) is 0 Å². The Hall–Kier alpha value is -1.40. The Balaban J connectivity index is 0.00000147. The van der Waals surface area contributed by atoms with Crippen molar-refractivity contribution >= 4 is 12.4 Å². The van der Waals surface area contributed by atoms with Crippen LogP contribution in [-0.4, -0.2) is 15.3 Å². The van der Waals surface area contributed by atoms with E-state index in [-0.39, 0.29) is 17.8 Å². The first-order chi connectivity index (χ1) is 8.88. The number of nitrogens with two attached hydrogens (primary N) is 1. The van der Waals surface area contributed by atoms with E-state index in [9.17, 15) is 0 Å². The van der Waals surface area contributed by atoms with Gasteiger partial charge in [0.1, 0.15) is 5.76 Å². The molecule has 0 aromatic carbocycles. The van der Waals surface area contributed by atoms with E-state index in [4.69, 9.17) is 14.8 Å². The van der Waals surface area contributed by atoms with Gasteiger partial charge in [-0.05, 0) is 19.3 Å². The van der Waals surface area contributed by atoms with Crippen LogP contribution < -0.4 is 5.73 Å². The average molecular weight is 299 g/mol. The maximum absolute atomic E-state index is 6.16. The zero-order chi connectivity index (χ0) is 13.7. The van der Waals surface area contributed by atoms with Crippen LogP contribution in [0.1, 0.15) is 51.6 Å². The van der Waals surface area contributed by atoms with E-state index in [2.05, 4.69) is 36.1 Å². The van der Waals surface area contributed by atoms with Gasteiger partial charge in [0.25, 0.3) is 5.89 Å². The van der Waals surface area contributed by atoms with Crippen LogP contribution in [0, 0.1) is 0 Å². The minimum Gasteiger partial charge on any atom is -0.360 e. The maximum atomic E-state index is 6.16. The molecule has 2 aromatic rings. The van der Waals surface area contributed by atoms with E-state index in [1.54, 1.807) is 0 Å². The van der Waals surface area contributed by atoms with Crippen molar-refractivity contribution in [2.75, 3.05) is 0 Å². The largest absolute Gasteiger partial charge is 0.360 e. The summed E-state index contributed by atoms with van der Waals surface area (Å²) in [6.07, 6.45) is 2.91. The zero-order valence-electron chi connectivity index (χ0n) is 11.8. The number of rotatable bonds is 2. The SMILES string of the molecule is CC(C)(C)c1cc(-c2nc(C3(N)CCC3)no2)no1.Cl. The summed E-state index contributed by atoms with van der Waals surface area (Å²) in [6, 6.07) is 1.83. The highest BCUT2D eigenvalue weighted by Crippen LogP contribution is 2.37. The monoisotopic (exact) mass is 298 g/mol. The van der Waals surface area contributed by atoms with Gasteiger partial charge in [-0.3, -0.25) is 0 Å². The highest BCUT2D eigenvalue weighted by molar-refractivity contribution is 5.85. The van der Waals surface area contributed by atoms with Crippen molar-refractivity contribution in [2.24, 2.45) is 5.73 Å². The maximum Gasteiger partial charge on any atom is 0.280 e. The second-order valence-corrected chi connectivity index (χ2v) is 6.26. The highest BCUT2D eigenvalue weighted by atomic mass is 35.5. The predicted octanol–water partition coefficient (Wildman–Crippen LogP) is 2.78. The Kier molecular flexibility index (Phi) is 3.64. The van der Waals surface area contributed by atoms with E-state index in [1.807, 2.05) is 6.07 Å². The molecule has 7 heteroatoms. The second-order valence-electron chi connectivity index (χ2n) is 6.26. The molecule has 1 fully saturated rings. The summed E-state index contributed by atoms with van der Waals surface area (Å²) in [5.41, 5.74) is 6.20. The lowest BCUT2D eigenvalue weighted by Crippen LogP contribution is -2.44. The molecule has 1 saturated carbocycles. The quantitative estimate of drug-likeness (QED) is 0.916. The van der Waals surface area contributed by atoms with Gasteiger partial charge < -0.3 is 14.8 Å². The standard InChI is InChI=1S/C13H18N4O2.ClH/c1-12(2,3)9-7-8(16-18-9)10-15-11(17-19-10)13(14)5-4-6-13;/h7H,4-6,14H2,1-3H3;1H. The molecule has 0 spiro atoms. The van der Waals surface area contributed by atoms with Crippen molar-refractivity contribution < 1.29 is 9.05 Å². The fraction of sp³-hybridized carbons (Fsp3) is 0.615. The third-order valence-corrected chi connectivity index (χ3v) is 3.59. The molecule has 6 nitrogen and oxygen atoms in total. The summed E-state index contributed by atoms with van der Waals surface area (Å²) in [5.74, 6) is 1.72. The molecule has 0 saturated heterocycles. The molecule has 1 aliphatic carbocycles. The van der Waals surface area contributed by atoms with Crippen molar-refractivity contribution in [2.45, 2.75) is 51.0 Å². The van der Waals surface area contributed by atoms with Gasteiger partial charge >= 0.3 is 0 Å². The first-order valence-corrected chi connectivity index (χ1v) is 6.49. The fourth-order valence-electron chi connectivity index (χ4n) is 2.04. The van der Waals surface area contributed by atoms with Gasteiger partial charge in [-0.15, -0.1) is 12.4 Å². The minimum absolute atomic E-state index is 0. The summed E-state index contributed by atoms with van der Waals surface area (Å²) in [7, 11) is 0. The Morgan fingerprint density at radius 3 is 2.40 bits per heavy atom. The molecule has 2 N–H and O–H groups in total. The molecule has 0 radical (unpaired) electrons. The van der Waals surface area contributed by atoms with Gasteiger partial charge in [0.2, 0.25) is 0 Å². The second kappa shape index (κ2) is 4.86. The van der Waals surface area contributed by atoms with Crippen LogP contribution in [0.15, 0.2) is 15.1 Å². The highest BCUT2D eigenvalue weighted by Gasteiger charge is 2.39. The number of hydrogen-bond donors (Lipinski definition) is 1. The van der Waals surface area contributed by atoms with Crippen LogP contribution in [0.4, 0.5) is 0 Å².